The number of hydrazine groups is 2. The number of hydrogen-bond acceptors (Lipinski definition) is 3. The van der Waals surface area contributed by atoms with Gasteiger partial charge in [0.2, 0.25) is 0 Å². The van der Waals surface area contributed by atoms with Gasteiger partial charge in [0, 0.05) is 20.6 Å². The lowest BCUT2D eigenvalue weighted by Gasteiger charge is -2.11. The maximum atomic E-state index is 3.01. The zero-order valence-corrected chi connectivity index (χ0v) is 5.86. The molecular weight excluding hydrogens is 102 g/mol. The van der Waals surface area contributed by atoms with Crippen molar-refractivity contribution in [1.82, 2.24) is 16.0 Å². The molecule has 0 saturated heterocycles. The van der Waals surface area contributed by atoms with Crippen molar-refractivity contribution in [3.63, 3.8) is 0 Å². The molecular formula is C5H15N3. The van der Waals surface area contributed by atoms with Crippen molar-refractivity contribution in [3.8, 4) is 0 Å². The van der Waals surface area contributed by atoms with E-state index in [0.717, 1.165) is 13.0 Å². The average molecular weight is 117 g/mol. The van der Waals surface area contributed by atoms with Crippen molar-refractivity contribution in [1.29, 1.82) is 0 Å². The second-order valence-corrected chi connectivity index (χ2v) is 1.93. The molecule has 0 saturated carbocycles. The first-order valence-electron chi connectivity index (χ1n) is 2.93. The zero-order chi connectivity index (χ0) is 6.41. The van der Waals surface area contributed by atoms with Crippen LogP contribution in [0.3, 0.4) is 0 Å². The van der Waals surface area contributed by atoms with Gasteiger partial charge in [-0.15, -0.1) is 0 Å². The Morgan fingerprint density at radius 2 is 2.00 bits per heavy atom. The van der Waals surface area contributed by atoms with Crippen LogP contribution in [0.2, 0.25) is 0 Å². The summed E-state index contributed by atoms with van der Waals surface area (Å²) in [5.41, 5.74) is 5.94. The van der Waals surface area contributed by atoms with E-state index in [1.165, 1.54) is 0 Å². The third-order valence-corrected chi connectivity index (χ3v) is 0.678. The summed E-state index contributed by atoms with van der Waals surface area (Å²) >= 11 is 0. The molecule has 0 aliphatic rings. The maximum Gasteiger partial charge on any atom is 0.0110 e. The van der Waals surface area contributed by atoms with E-state index >= 15 is 0 Å². The lowest BCUT2D eigenvalue weighted by atomic mass is 10.5. The first kappa shape index (κ1) is 7.88. The molecule has 8 heavy (non-hydrogen) atoms. The Kier molecular flexibility index (Phi) is 4.95. The summed E-state index contributed by atoms with van der Waals surface area (Å²) in [6.07, 6.45) is 1.15. The van der Waals surface area contributed by atoms with Gasteiger partial charge < -0.3 is 0 Å². The minimum Gasteiger partial charge on any atom is -0.244 e. The summed E-state index contributed by atoms with van der Waals surface area (Å²) < 4.78 is 0. The SMILES string of the molecule is CCCNNN(C)C. The molecule has 0 bridgehead atoms. The number of nitrogens with one attached hydrogen (secondary N) is 2. The van der Waals surface area contributed by atoms with E-state index in [1.807, 2.05) is 19.1 Å². The van der Waals surface area contributed by atoms with Gasteiger partial charge in [-0.1, -0.05) is 6.92 Å². The van der Waals surface area contributed by atoms with Crippen LogP contribution < -0.4 is 11.0 Å². The molecule has 0 aromatic heterocycles. The van der Waals surface area contributed by atoms with Crippen LogP contribution in [0.25, 0.3) is 0 Å². The van der Waals surface area contributed by atoms with Gasteiger partial charge in [-0.2, -0.15) is 5.53 Å². The molecule has 0 heterocycles. The molecule has 0 spiro atoms. The molecule has 0 aliphatic carbocycles. The van der Waals surface area contributed by atoms with Crippen LogP contribution in [0, 0.1) is 0 Å². The van der Waals surface area contributed by atoms with E-state index in [0.29, 0.717) is 0 Å². The standard InChI is InChI=1S/C5H15N3/c1-4-5-6-7-8(2)3/h6-7H,4-5H2,1-3H3. The Morgan fingerprint density at radius 1 is 1.38 bits per heavy atom. The van der Waals surface area contributed by atoms with Gasteiger partial charge in [-0.3, -0.25) is 0 Å². The fourth-order valence-electron chi connectivity index (χ4n) is 0.339. The Hall–Kier alpha value is -0.120. The minimum absolute atomic E-state index is 1.01. The average Bonchev–Trinajstić information content (AvgIpc) is 1.66. The predicted molar refractivity (Wildman–Crippen MR) is 35.1 cm³/mol. The van der Waals surface area contributed by atoms with Crippen LogP contribution in [-0.2, 0) is 0 Å². The molecule has 0 atom stereocenters. The Bertz CT molecular complexity index is 44.9. The van der Waals surface area contributed by atoms with Crippen molar-refractivity contribution in [2.75, 3.05) is 20.6 Å². The zero-order valence-electron chi connectivity index (χ0n) is 5.86. The smallest absolute Gasteiger partial charge is 0.0110 e. The molecule has 2 N–H and O–H groups in total. The van der Waals surface area contributed by atoms with Crippen LogP contribution in [0.5, 0.6) is 0 Å². The van der Waals surface area contributed by atoms with Crippen molar-refractivity contribution in [3.05, 3.63) is 0 Å². The van der Waals surface area contributed by atoms with Gasteiger partial charge in [0.15, 0.2) is 0 Å². The summed E-state index contributed by atoms with van der Waals surface area (Å²) in [5, 5.41) is 1.87. The predicted octanol–water partition coefficient (Wildman–Crippen LogP) is -0.0328. The van der Waals surface area contributed by atoms with Gasteiger partial charge in [0.05, 0.1) is 0 Å². The van der Waals surface area contributed by atoms with Crippen LogP contribution in [-0.4, -0.2) is 25.6 Å². The second kappa shape index (κ2) is 5.03. The van der Waals surface area contributed by atoms with Crippen LogP contribution in [0.4, 0.5) is 0 Å². The Labute approximate surface area is 51.0 Å². The van der Waals surface area contributed by atoms with Crippen molar-refractivity contribution in [2.45, 2.75) is 13.3 Å². The van der Waals surface area contributed by atoms with Crippen molar-refractivity contribution in [2.24, 2.45) is 0 Å². The quantitative estimate of drug-likeness (QED) is 0.400. The highest BCUT2D eigenvalue weighted by atomic mass is 15.7. The molecule has 3 heteroatoms. The third kappa shape index (κ3) is 5.88. The molecule has 0 unspecified atom stereocenters. The first-order chi connectivity index (χ1) is 3.77. The molecule has 0 radical (unpaired) electrons. The monoisotopic (exact) mass is 117 g/mol. The van der Waals surface area contributed by atoms with Gasteiger partial charge in [-0.25, -0.2) is 10.4 Å². The topological polar surface area (TPSA) is 27.3 Å². The molecule has 0 aromatic rings. The second-order valence-electron chi connectivity index (χ2n) is 1.93. The fourth-order valence-corrected chi connectivity index (χ4v) is 0.339. The molecule has 0 rings (SSSR count). The minimum atomic E-state index is 1.01. The molecule has 0 aliphatic heterocycles. The van der Waals surface area contributed by atoms with E-state index < -0.39 is 0 Å². The highest BCUT2D eigenvalue weighted by molar-refractivity contribution is 4.31. The van der Waals surface area contributed by atoms with E-state index in [-0.39, 0.29) is 0 Å². The van der Waals surface area contributed by atoms with Crippen LogP contribution >= 0.6 is 0 Å². The van der Waals surface area contributed by atoms with Crippen LogP contribution in [0.1, 0.15) is 13.3 Å². The maximum absolute atomic E-state index is 3.01. The lowest BCUT2D eigenvalue weighted by molar-refractivity contribution is 0.237. The van der Waals surface area contributed by atoms with Gasteiger partial charge in [0.25, 0.3) is 0 Å². The van der Waals surface area contributed by atoms with Gasteiger partial charge in [-0.05, 0) is 6.42 Å². The van der Waals surface area contributed by atoms with Gasteiger partial charge in [0.1, 0.15) is 0 Å². The third-order valence-electron chi connectivity index (χ3n) is 0.678. The van der Waals surface area contributed by atoms with E-state index in [2.05, 4.69) is 17.9 Å². The molecule has 0 aromatic carbocycles. The molecule has 0 fully saturated rings. The van der Waals surface area contributed by atoms with E-state index in [9.17, 15) is 0 Å². The number of hydrogen-bond donors (Lipinski definition) is 2. The Balaban J connectivity index is 2.72. The first-order valence-corrected chi connectivity index (χ1v) is 2.93. The lowest BCUT2D eigenvalue weighted by Crippen LogP contribution is -2.42. The summed E-state index contributed by atoms with van der Waals surface area (Å²) in [4.78, 5) is 0. The summed E-state index contributed by atoms with van der Waals surface area (Å²) in [5.74, 6) is 0. The number of nitrogens with zero attached hydrogens (tertiary/aromatic N) is 1. The molecule has 50 valence electrons. The van der Waals surface area contributed by atoms with Crippen molar-refractivity contribution >= 4 is 0 Å². The molecule has 0 amide bonds. The largest absolute Gasteiger partial charge is 0.244 e. The summed E-state index contributed by atoms with van der Waals surface area (Å²) in [6, 6.07) is 0. The highest BCUT2D eigenvalue weighted by Gasteiger charge is 1.81. The normalized spacial score (nSPS) is 10.5. The fraction of sp³-hybridized carbons (Fsp3) is 1.00. The highest BCUT2D eigenvalue weighted by Crippen LogP contribution is 1.65. The van der Waals surface area contributed by atoms with Crippen LogP contribution in [0.15, 0.2) is 0 Å². The molecule has 3 nitrogen and oxygen atoms in total. The van der Waals surface area contributed by atoms with E-state index in [1.54, 1.807) is 0 Å². The van der Waals surface area contributed by atoms with Gasteiger partial charge >= 0.3 is 0 Å². The number of rotatable bonds is 4. The summed E-state index contributed by atoms with van der Waals surface area (Å²) in [7, 11) is 3.89. The van der Waals surface area contributed by atoms with Crippen molar-refractivity contribution < 1.29 is 0 Å². The Morgan fingerprint density at radius 3 is 2.38 bits per heavy atom. The summed E-state index contributed by atoms with van der Waals surface area (Å²) in [6.45, 7) is 3.14. The van der Waals surface area contributed by atoms with E-state index in [4.69, 9.17) is 0 Å².